The fraction of sp³-hybridized carbons (Fsp3) is 0.188. The van der Waals surface area contributed by atoms with E-state index in [1.165, 1.54) is 6.07 Å². The van der Waals surface area contributed by atoms with E-state index in [1.54, 1.807) is 24.3 Å². The van der Waals surface area contributed by atoms with Gasteiger partial charge >= 0.3 is 0 Å². The second-order valence-electron chi connectivity index (χ2n) is 4.82. The molecule has 1 amide bonds. The van der Waals surface area contributed by atoms with Crippen LogP contribution in [0, 0.1) is 19.7 Å². The van der Waals surface area contributed by atoms with Crippen molar-refractivity contribution in [3.63, 3.8) is 0 Å². The molecule has 0 heterocycles. The van der Waals surface area contributed by atoms with Gasteiger partial charge in [-0.3, -0.25) is 4.79 Å². The maximum atomic E-state index is 13.4. The highest BCUT2D eigenvalue weighted by molar-refractivity contribution is 6.34. The summed E-state index contributed by atoms with van der Waals surface area (Å²) in [7, 11) is 0. The number of rotatable bonds is 4. The Morgan fingerprint density at radius 1 is 1.24 bits per heavy atom. The molecule has 0 fully saturated rings. The van der Waals surface area contributed by atoms with Crippen LogP contribution in [0.25, 0.3) is 0 Å². The van der Waals surface area contributed by atoms with Crippen molar-refractivity contribution in [1.82, 2.24) is 0 Å². The van der Waals surface area contributed by atoms with Crippen LogP contribution in [-0.4, -0.2) is 12.5 Å². The number of hydrogen-bond donors (Lipinski definition) is 2. The minimum Gasteiger partial charge on any atom is -0.374 e. The summed E-state index contributed by atoms with van der Waals surface area (Å²) in [6.07, 6.45) is 0. The average Bonchev–Trinajstić information content (AvgIpc) is 2.42. The molecule has 0 spiro atoms. The third-order valence-corrected chi connectivity index (χ3v) is 3.31. The molecular formula is C16H16ClFN2O. The number of carbonyl (C=O) groups excluding carboxylic acids is 1. The van der Waals surface area contributed by atoms with Gasteiger partial charge in [0.05, 0.1) is 22.9 Å². The largest absolute Gasteiger partial charge is 0.374 e. The summed E-state index contributed by atoms with van der Waals surface area (Å²) < 4.78 is 13.4. The maximum Gasteiger partial charge on any atom is 0.243 e. The van der Waals surface area contributed by atoms with E-state index in [-0.39, 0.29) is 12.5 Å². The number of benzene rings is 2. The summed E-state index contributed by atoms with van der Waals surface area (Å²) in [4.78, 5) is 11.9. The van der Waals surface area contributed by atoms with Crippen LogP contribution in [0.3, 0.4) is 0 Å². The molecule has 5 heteroatoms. The fourth-order valence-electron chi connectivity index (χ4n) is 2.04. The number of amides is 1. The summed E-state index contributed by atoms with van der Waals surface area (Å²) >= 11 is 6.13. The molecule has 0 aliphatic heterocycles. The van der Waals surface area contributed by atoms with Gasteiger partial charge in [-0.05, 0) is 43.2 Å². The molecule has 0 atom stereocenters. The van der Waals surface area contributed by atoms with E-state index in [0.717, 1.165) is 11.1 Å². The Hall–Kier alpha value is -2.07. The highest BCUT2D eigenvalue weighted by Gasteiger charge is 2.10. The van der Waals surface area contributed by atoms with Crippen molar-refractivity contribution >= 4 is 28.9 Å². The van der Waals surface area contributed by atoms with E-state index >= 15 is 0 Å². The van der Waals surface area contributed by atoms with Crippen LogP contribution in [0.4, 0.5) is 15.8 Å². The lowest BCUT2D eigenvalue weighted by atomic mass is 10.1. The first-order chi connectivity index (χ1) is 9.97. The van der Waals surface area contributed by atoms with Gasteiger partial charge in [-0.1, -0.05) is 29.8 Å². The Balaban J connectivity index is 2.01. The monoisotopic (exact) mass is 306 g/mol. The maximum absolute atomic E-state index is 13.4. The molecule has 0 unspecified atom stereocenters. The Bertz CT molecular complexity index is 650. The SMILES string of the molecule is Cc1cc(C)c(NC(=O)CNc2ccccc2F)c(Cl)c1. The molecule has 0 saturated heterocycles. The van der Waals surface area contributed by atoms with Crippen molar-refractivity contribution in [3.8, 4) is 0 Å². The molecule has 0 radical (unpaired) electrons. The van der Waals surface area contributed by atoms with Crippen LogP contribution in [-0.2, 0) is 4.79 Å². The normalized spacial score (nSPS) is 10.3. The van der Waals surface area contributed by atoms with Crippen LogP contribution in [0.15, 0.2) is 36.4 Å². The Morgan fingerprint density at radius 3 is 2.62 bits per heavy atom. The first kappa shape index (κ1) is 15.3. The van der Waals surface area contributed by atoms with Crippen LogP contribution >= 0.6 is 11.6 Å². The van der Waals surface area contributed by atoms with E-state index in [9.17, 15) is 9.18 Å². The summed E-state index contributed by atoms with van der Waals surface area (Å²) in [5.74, 6) is -0.679. The van der Waals surface area contributed by atoms with Gasteiger partial charge in [0, 0.05) is 0 Å². The van der Waals surface area contributed by atoms with Crippen molar-refractivity contribution in [2.75, 3.05) is 17.2 Å². The van der Waals surface area contributed by atoms with Gasteiger partial charge in [0.25, 0.3) is 0 Å². The highest BCUT2D eigenvalue weighted by Crippen LogP contribution is 2.27. The predicted octanol–water partition coefficient (Wildman–Crippen LogP) is 4.15. The van der Waals surface area contributed by atoms with E-state index in [1.807, 2.05) is 19.9 Å². The summed E-state index contributed by atoms with van der Waals surface area (Å²) in [5, 5.41) is 5.99. The summed E-state index contributed by atoms with van der Waals surface area (Å²) in [6, 6.07) is 9.93. The lowest BCUT2D eigenvalue weighted by molar-refractivity contribution is -0.114. The van der Waals surface area contributed by atoms with E-state index in [0.29, 0.717) is 16.4 Å². The van der Waals surface area contributed by atoms with Crippen LogP contribution < -0.4 is 10.6 Å². The smallest absolute Gasteiger partial charge is 0.243 e. The van der Waals surface area contributed by atoms with Crippen molar-refractivity contribution in [2.24, 2.45) is 0 Å². The Kier molecular flexibility index (Phi) is 4.81. The number of para-hydroxylation sites is 1. The second kappa shape index (κ2) is 6.59. The summed E-state index contributed by atoms with van der Waals surface area (Å²) in [5.41, 5.74) is 2.79. The van der Waals surface area contributed by atoms with Gasteiger partial charge in [-0.15, -0.1) is 0 Å². The van der Waals surface area contributed by atoms with Crippen LogP contribution in [0.1, 0.15) is 11.1 Å². The molecule has 0 aliphatic carbocycles. The van der Waals surface area contributed by atoms with Crippen molar-refractivity contribution in [3.05, 3.63) is 58.4 Å². The second-order valence-corrected chi connectivity index (χ2v) is 5.23. The molecule has 0 aliphatic rings. The first-order valence-electron chi connectivity index (χ1n) is 6.52. The summed E-state index contributed by atoms with van der Waals surface area (Å²) in [6.45, 7) is 3.77. The number of hydrogen-bond acceptors (Lipinski definition) is 2. The molecule has 2 aromatic rings. The molecule has 2 aromatic carbocycles. The molecule has 2 rings (SSSR count). The lowest BCUT2D eigenvalue weighted by Crippen LogP contribution is -2.22. The molecule has 0 saturated carbocycles. The predicted molar refractivity (Wildman–Crippen MR) is 84.4 cm³/mol. The number of carbonyl (C=O) groups is 1. The van der Waals surface area contributed by atoms with Crippen molar-refractivity contribution < 1.29 is 9.18 Å². The molecule has 3 nitrogen and oxygen atoms in total. The van der Waals surface area contributed by atoms with E-state index in [4.69, 9.17) is 11.6 Å². The standard InChI is InChI=1S/C16H16ClFN2O/c1-10-7-11(2)16(12(17)8-10)20-15(21)9-19-14-6-4-3-5-13(14)18/h3-8,19H,9H2,1-2H3,(H,20,21). The minimum absolute atomic E-state index is 0.0371. The molecular weight excluding hydrogens is 291 g/mol. The zero-order chi connectivity index (χ0) is 15.4. The average molecular weight is 307 g/mol. The van der Waals surface area contributed by atoms with Crippen LogP contribution in [0.2, 0.25) is 5.02 Å². The van der Waals surface area contributed by atoms with E-state index in [2.05, 4.69) is 10.6 Å². The van der Waals surface area contributed by atoms with Gasteiger partial charge in [0.1, 0.15) is 5.82 Å². The quantitative estimate of drug-likeness (QED) is 0.891. The molecule has 21 heavy (non-hydrogen) atoms. The number of anilines is 2. The first-order valence-corrected chi connectivity index (χ1v) is 6.90. The zero-order valence-electron chi connectivity index (χ0n) is 11.8. The number of aryl methyl sites for hydroxylation is 2. The Morgan fingerprint density at radius 2 is 1.95 bits per heavy atom. The van der Waals surface area contributed by atoms with E-state index < -0.39 is 5.82 Å². The third-order valence-electron chi connectivity index (χ3n) is 3.01. The van der Waals surface area contributed by atoms with Crippen molar-refractivity contribution in [1.29, 1.82) is 0 Å². The molecule has 0 bridgehead atoms. The van der Waals surface area contributed by atoms with Gasteiger partial charge in [0.2, 0.25) is 5.91 Å². The van der Waals surface area contributed by atoms with Gasteiger partial charge in [0.15, 0.2) is 0 Å². The van der Waals surface area contributed by atoms with Crippen LogP contribution in [0.5, 0.6) is 0 Å². The number of nitrogens with one attached hydrogen (secondary N) is 2. The topological polar surface area (TPSA) is 41.1 Å². The lowest BCUT2D eigenvalue weighted by Gasteiger charge is -2.12. The molecule has 2 N–H and O–H groups in total. The van der Waals surface area contributed by atoms with Gasteiger partial charge < -0.3 is 10.6 Å². The van der Waals surface area contributed by atoms with Crippen molar-refractivity contribution in [2.45, 2.75) is 13.8 Å². The highest BCUT2D eigenvalue weighted by atomic mass is 35.5. The third kappa shape index (κ3) is 3.95. The molecule has 110 valence electrons. The Labute approximate surface area is 128 Å². The molecule has 0 aromatic heterocycles. The fourth-order valence-corrected chi connectivity index (χ4v) is 2.41. The van der Waals surface area contributed by atoms with Gasteiger partial charge in [-0.25, -0.2) is 4.39 Å². The number of halogens is 2. The van der Waals surface area contributed by atoms with Gasteiger partial charge in [-0.2, -0.15) is 0 Å². The zero-order valence-corrected chi connectivity index (χ0v) is 12.6. The minimum atomic E-state index is -0.394.